The maximum absolute atomic E-state index is 11.1. The Bertz CT molecular complexity index is 345. The van der Waals surface area contributed by atoms with Crippen molar-refractivity contribution in [2.45, 2.75) is 0 Å². The lowest BCUT2D eigenvalue weighted by Crippen LogP contribution is -2.19. The summed E-state index contributed by atoms with van der Waals surface area (Å²) < 4.78 is 2.56. The van der Waals surface area contributed by atoms with Crippen molar-refractivity contribution in [3.05, 3.63) is 29.5 Å². The molecule has 1 rings (SSSR count). The molecule has 0 saturated carbocycles. The van der Waals surface area contributed by atoms with E-state index >= 15 is 0 Å². The highest BCUT2D eigenvalue weighted by Crippen LogP contribution is 1.92. The Morgan fingerprint density at radius 3 is 2.55 bits per heavy atom. The first kappa shape index (κ1) is 7.53. The van der Waals surface area contributed by atoms with E-state index in [1.165, 1.54) is 21.5 Å². The van der Waals surface area contributed by atoms with E-state index in [0.29, 0.717) is 5.82 Å². The SMILES string of the molecule is C=Cc1nn(C)c(=O)n1C=C. The zero-order valence-electron chi connectivity index (χ0n) is 6.32. The number of hydrogen-bond acceptors (Lipinski definition) is 2. The van der Waals surface area contributed by atoms with E-state index in [4.69, 9.17) is 0 Å². The van der Waals surface area contributed by atoms with Crippen LogP contribution in [0.2, 0.25) is 0 Å². The molecule has 0 radical (unpaired) electrons. The third kappa shape index (κ3) is 1.02. The molecule has 0 saturated heterocycles. The van der Waals surface area contributed by atoms with Crippen LogP contribution in [0, 0.1) is 0 Å². The second-order valence-corrected chi connectivity index (χ2v) is 2.02. The topological polar surface area (TPSA) is 39.8 Å². The third-order valence-corrected chi connectivity index (χ3v) is 1.35. The maximum atomic E-state index is 11.1. The van der Waals surface area contributed by atoms with E-state index in [9.17, 15) is 4.79 Å². The number of rotatable bonds is 2. The summed E-state index contributed by atoms with van der Waals surface area (Å²) in [4.78, 5) is 11.1. The van der Waals surface area contributed by atoms with Crippen molar-refractivity contribution < 1.29 is 0 Å². The molecule has 0 aliphatic carbocycles. The minimum Gasteiger partial charge on any atom is -0.251 e. The van der Waals surface area contributed by atoms with Gasteiger partial charge in [-0.2, -0.15) is 5.10 Å². The van der Waals surface area contributed by atoms with Crippen LogP contribution in [0.25, 0.3) is 12.3 Å². The molecule has 58 valence electrons. The van der Waals surface area contributed by atoms with Crippen LogP contribution < -0.4 is 5.69 Å². The predicted molar refractivity (Wildman–Crippen MR) is 43.9 cm³/mol. The van der Waals surface area contributed by atoms with Crippen molar-refractivity contribution in [1.82, 2.24) is 14.3 Å². The molecule has 1 heterocycles. The summed E-state index contributed by atoms with van der Waals surface area (Å²) in [6.07, 6.45) is 2.91. The lowest BCUT2D eigenvalue weighted by atomic mass is 10.6. The first-order valence-electron chi connectivity index (χ1n) is 3.11. The minimum absolute atomic E-state index is 0.213. The van der Waals surface area contributed by atoms with Gasteiger partial charge in [-0.3, -0.25) is 4.57 Å². The Morgan fingerprint density at radius 2 is 2.18 bits per heavy atom. The van der Waals surface area contributed by atoms with Gasteiger partial charge in [-0.15, -0.1) is 0 Å². The average molecular weight is 151 g/mol. The number of hydrogen-bond donors (Lipinski definition) is 0. The van der Waals surface area contributed by atoms with Crippen molar-refractivity contribution >= 4 is 12.3 Å². The smallest absolute Gasteiger partial charge is 0.251 e. The van der Waals surface area contributed by atoms with Crippen LogP contribution in [0.5, 0.6) is 0 Å². The average Bonchev–Trinajstić information content (AvgIpc) is 2.28. The summed E-state index contributed by atoms with van der Waals surface area (Å²) in [7, 11) is 1.58. The van der Waals surface area contributed by atoms with Gasteiger partial charge < -0.3 is 0 Å². The zero-order chi connectivity index (χ0) is 8.43. The summed E-state index contributed by atoms with van der Waals surface area (Å²) in [5.74, 6) is 0.507. The molecule has 0 bridgehead atoms. The Labute approximate surface area is 64.1 Å². The summed E-state index contributed by atoms with van der Waals surface area (Å²) in [5, 5.41) is 3.88. The van der Waals surface area contributed by atoms with Crippen LogP contribution in [-0.2, 0) is 7.05 Å². The van der Waals surface area contributed by atoms with Crippen LogP contribution >= 0.6 is 0 Å². The second kappa shape index (κ2) is 2.57. The molecule has 0 spiro atoms. The molecule has 0 fully saturated rings. The van der Waals surface area contributed by atoms with Gasteiger partial charge in [-0.1, -0.05) is 13.2 Å². The van der Waals surface area contributed by atoms with Gasteiger partial charge in [0.15, 0.2) is 5.82 Å². The normalized spacial score (nSPS) is 9.55. The Hall–Kier alpha value is -1.58. The van der Waals surface area contributed by atoms with Crippen LogP contribution in [0.1, 0.15) is 5.82 Å². The van der Waals surface area contributed by atoms with Gasteiger partial charge in [0.2, 0.25) is 0 Å². The highest BCUT2D eigenvalue weighted by Gasteiger charge is 2.03. The molecule has 0 amide bonds. The summed E-state index contributed by atoms with van der Waals surface area (Å²) >= 11 is 0. The largest absolute Gasteiger partial charge is 0.350 e. The molecule has 11 heavy (non-hydrogen) atoms. The number of aromatic nitrogens is 3. The molecule has 4 heteroatoms. The van der Waals surface area contributed by atoms with Gasteiger partial charge in [0, 0.05) is 13.2 Å². The molecule has 1 aromatic rings. The standard InChI is InChI=1S/C7H9N3O/c1-4-6-8-9(3)7(11)10(6)5-2/h4-5H,1-2H2,3H3. The number of aryl methyl sites for hydroxylation is 1. The fraction of sp³-hybridized carbons (Fsp3) is 0.143. The lowest BCUT2D eigenvalue weighted by Gasteiger charge is -1.88. The molecule has 0 atom stereocenters. The van der Waals surface area contributed by atoms with Gasteiger partial charge in [0.1, 0.15) is 0 Å². The second-order valence-electron chi connectivity index (χ2n) is 2.02. The fourth-order valence-electron chi connectivity index (χ4n) is 0.809. The first-order valence-corrected chi connectivity index (χ1v) is 3.11. The van der Waals surface area contributed by atoms with Crippen LogP contribution in [0.3, 0.4) is 0 Å². The van der Waals surface area contributed by atoms with E-state index in [0.717, 1.165) is 0 Å². The van der Waals surface area contributed by atoms with E-state index in [1.807, 2.05) is 0 Å². The van der Waals surface area contributed by atoms with Crippen LogP contribution in [-0.4, -0.2) is 14.3 Å². The summed E-state index contributed by atoms with van der Waals surface area (Å²) in [6, 6.07) is 0. The monoisotopic (exact) mass is 151 g/mol. The molecule has 1 aromatic heterocycles. The van der Waals surface area contributed by atoms with Crippen LogP contribution in [0.4, 0.5) is 0 Å². The fourth-order valence-corrected chi connectivity index (χ4v) is 0.809. The molecule has 4 nitrogen and oxygen atoms in total. The number of nitrogens with zero attached hydrogens (tertiary/aromatic N) is 3. The van der Waals surface area contributed by atoms with Crippen molar-refractivity contribution in [3.63, 3.8) is 0 Å². The minimum atomic E-state index is -0.213. The molecule has 0 unspecified atom stereocenters. The van der Waals surface area contributed by atoms with E-state index in [2.05, 4.69) is 18.3 Å². The van der Waals surface area contributed by atoms with Gasteiger partial charge in [-0.25, -0.2) is 9.48 Å². The highest BCUT2D eigenvalue weighted by molar-refractivity contribution is 5.40. The van der Waals surface area contributed by atoms with Gasteiger partial charge in [0.05, 0.1) is 0 Å². The molecular formula is C7H9N3O. The van der Waals surface area contributed by atoms with E-state index in [-0.39, 0.29) is 5.69 Å². The van der Waals surface area contributed by atoms with Gasteiger partial charge in [0.25, 0.3) is 0 Å². The van der Waals surface area contributed by atoms with E-state index < -0.39 is 0 Å². The highest BCUT2D eigenvalue weighted by atomic mass is 16.2. The van der Waals surface area contributed by atoms with Crippen molar-refractivity contribution in [1.29, 1.82) is 0 Å². The molecule has 0 N–H and O–H groups in total. The van der Waals surface area contributed by atoms with Crippen LogP contribution in [0.15, 0.2) is 18.0 Å². The third-order valence-electron chi connectivity index (χ3n) is 1.35. The van der Waals surface area contributed by atoms with Crippen molar-refractivity contribution in [2.24, 2.45) is 7.05 Å². The summed E-state index contributed by atoms with van der Waals surface area (Å²) in [6.45, 7) is 6.99. The Kier molecular flexibility index (Phi) is 1.76. The van der Waals surface area contributed by atoms with Gasteiger partial charge >= 0.3 is 5.69 Å². The summed E-state index contributed by atoms with van der Waals surface area (Å²) in [5.41, 5.74) is -0.213. The molecular weight excluding hydrogens is 142 g/mol. The quantitative estimate of drug-likeness (QED) is 0.611. The molecule has 0 aliphatic heterocycles. The predicted octanol–water partition coefficient (Wildman–Crippen LogP) is 0.325. The maximum Gasteiger partial charge on any atom is 0.350 e. The molecule has 0 aliphatic rings. The van der Waals surface area contributed by atoms with Gasteiger partial charge in [-0.05, 0) is 6.08 Å². The molecule has 0 aromatic carbocycles. The zero-order valence-corrected chi connectivity index (χ0v) is 6.32. The van der Waals surface area contributed by atoms with Crippen molar-refractivity contribution in [2.75, 3.05) is 0 Å². The van der Waals surface area contributed by atoms with Crippen molar-refractivity contribution in [3.8, 4) is 0 Å². The first-order chi connectivity index (χ1) is 5.20. The lowest BCUT2D eigenvalue weighted by molar-refractivity contribution is 0.728. The van der Waals surface area contributed by atoms with E-state index in [1.54, 1.807) is 7.05 Å². The Balaban J connectivity index is 3.50. The Morgan fingerprint density at radius 1 is 1.55 bits per heavy atom.